The number of pyridine rings is 1. The van der Waals surface area contributed by atoms with Crippen molar-refractivity contribution in [3.05, 3.63) is 47.6 Å². The van der Waals surface area contributed by atoms with Gasteiger partial charge in [0.15, 0.2) is 16.6 Å². The number of nitrogens with one attached hydrogen (secondary N) is 2. The first-order valence-electron chi connectivity index (χ1n) is 11.5. The second kappa shape index (κ2) is 11.7. The third-order valence-electron chi connectivity index (χ3n) is 6.18. The molecular formula is C26H28ClN3O5S. The van der Waals surface area contributed by atoms with Crippen LogP contribution in [0.3, 0.4) is 0 Å². The molecule has 1 saturated carbocycles. The molecule has 2 unspecified atom stereocenters. The molecule has 3 aromatic rings. The van der Waals surface area contributed by atoms with Crippen LogP contribution in [-0.2, 0) is 9.53 Å². The average Bonchev–Trinajstić information content (AvgIpc) is 2.89. The predicted octanol–water partition coefficient (Wildman–Crippen LogP) is 5.72. The maximum atomic E-state index is 12.6. The van der Waals surface area contributed by atoms with Crippen molar-refractivity contribution < 1.29 is 23.7 Å². The lowest BCUT2D eigenvalue weighted by Crippen LogP contribution is -2.40. The zero-order chi connectivity index (χ0) is 25.7. The van der Waals surface area contributed by atoms with Gasteiger partial charge in [-0.15, -0.1) is 0 Å². The second-order valence-corrected chi connectivity index (χ2v) is 9.26. The summed E-state index contributed by atoms with van der Waals surface area (Å²) in [5.74, 6) is 1.94. The minimum Gasteiger partial charge on any atom is -0.493 e. The van der Waals surface area contributed by atoms with Crippen LogP contribution in [-0.4, -0.2) is 43.4 Å². The summed E-state index contributed by atoms with van der Waals surface area (Å²) in [6.07, 6.45) is 5.23. The second-order valence-electron chi connectivity index (χ2n) is 8.45. The summed E-state index contributed by atoms with van der Waals surface area (Å²) in [5, 5.41) is 7.12. The number of hydrogen-bond acceptors (Lipinski definition) is 7. The minimum atomic E-state index is -0.114. The Bertz CT molecular complexity index is 1270. The molecule has 1 amide bonds. The molecule has 1 aromatic heterocycles. The van der Waals surface area contributed by atoms with Crippen LogP contribution < -0.4 is 24.8 Å². The van der Waals surface area contributed by atoms with Gasteiger partial charge in [0.1, 0.15) is 11.5 Å². The van der Waals surface area contributed by atoms with Gasteiger partial charge >= 0.3 is 0 Å². The zero-order valence-corrected chi connectivity index (χ0v) is 21.9. The number of rotatable bonds is 7. The van der Waals surface area contributed by atoms with Gasteiger partial charge in [0.2, 0.25) is 5.91 Å². The van der Waals surface area contributed by atoms with Crippen LogP contribution in [0.15, 0.2) is 42.6 Å². The van der Waals surface area contributed by atoms with Crippen LogP contribution in [0.5, 0.6) is 23.0 Å². The van der Waals surface area contributed by atoms with E-state index in [1.165, 1.54) is 0 Å². The lowest BCUT2D eigenvalue weighted by Gasteiger charge is -2.27. The molecule has 10 heteroatoms. The molecule has 4 rings (SSSR count). The van der Waals surface area contributed by atoms with Gasteiger partial charge in [-0.25, -0.2) is 0 Å². The van der Waals surface area contributed by atoms with E-state index in [9.17, 15) is 4.79 Å². The fraction of sp³-hybridized carbons (Fsp3) is 0.346. The van der Waals surface area contributed by atoms with Crippen LogP contribution in [0.4, 0.5) is 5.69 Å². The molecular weight excluding hydrogens is 502 g/mol. The molecule has 0 spiro atoms. The monoisotopic (exact) mass is 529 g/mol. The molecule has 2 atom stereocenters. The number of aromatic nitrogens is 1. The average molecular weight is 530 g/mol. The molecule has 1 aliphatic rings. The third-order valence-corrected chi connectivity index (χ3v) is 6.68. The SMILES string of the molecule is COc1cc2nccc(Oc3ccc(NC(=S)NC(=O)C4CCCC(OC)C4)cc3Cl)c2cc1OC. The Morgan fingerprint density at radius 3 is 2.53 bits per heavy atom. The smallest absolute Gasteiger partial charge is 0.229 e. The lowest BCUT2D eigenvalue weighted by molar-refractivity contribution is -0.126. The third kappa shape index (κ3) is 5.98. The van der Waals surface area contributed by atoms with Gasteiger partial charge in [-0.2, -0.15) is 0 Å². The highest BCUT2D eigenvalue weighted by Gasteiger charge is 2.27. The summed E-state index contributed by atoms with van der Waals surface area (Å²) < 4.78 is 22.3. The number of nitrogens with zero attached hydrogens (tertiary/aromatic N) is 1. The van der Waals surface area contributed by atoms with E-state index in [1.807, 2.05) is 6.07 Å². The Morgan fingerprint density at radius 2 is 1.81 bits per heavy atom. The number of ether oxygens (including phenoxy) is 4. The van der Waals surface area contributed by atoms with E-state index in [2.05, 4.69) is 15.6 Å². The summed E-state index contributed by atoms with van der Waals surface area (Å²) in [7, 11) is 4.82. The highest BCUT2D eigenvalue weighted by molar-refractivity contribution is 7.80. The Hall–Kier alpha value is -3.14. The predicted molar refractivity (Wildman–Crippen MR) is 143 cm³/mol. The van der Waals surface area contributed by atoms with Crippen molar-refractivity contribution in [2.24, 2.45) is 5.92 Å². The van der Waals surface area contributed by atoms with Crippen LogP contribution in [0, 0.1) is 5.92 Å². The van der Waals surface area contributed by atoms with Crippen molar-refractivity contribution in [1.29, 1.82) is 0 Å². The van der Waals surface area contributed by atoms with Crippen LogP contribution in [0.2, 0.25) is 5.02 Å². The van der Waals surface area contributed by atoms with Gasteiger partial charge in [-0.1, -0.05) is 18.0 Å². The molecule has 1 aliphatic carbocycles. The van der Waals surface area contributed by atoms with Gasteiger partial charge in [0.05, 0.1) is 30.9 Å². The van der Waals surface area contributed by atoms with Crippen molar-refractivity contribution in [3.8, 4) is 23.0 Å². The van der Waals surface area contributed by atoms with Gasteiger partial charge in [-0.05, 0) is 61.8 Å². The number of halogens is 1. The Balaban J connectivity index is 1.44. The molecule has 0 aliphatic heterocycles. The molecule has 8 nitrogen and oxygen atoms in total. The normalized spacial score (nSPS) is 17.3. The fourth-order valence-electron chi connectivity index (χ4n) is 4.29. The van der Waals surface area contributed by atoms with Crippen LogP contribution in [0.1, 0.15) is 25.7 Å². The summed E-state index contributed by atoms with van der Waals surface area (Å²) in [5.41, 5.74) is 1.32. The highest BCUT2D eigenvalue weighted by Crippen LogP contribution is 2.38. The molecule has 0 bridgehead atoms. The first-order chi connectivity index (χ1) is 17.4. The van der Waals surface area contributed by atoms with E-state index < -0.39 is 0 Å². The van der Waals surface area contributed by atoms with Gasteiger partial charge in [0, 0.05) is 36.4 Å². The number of carbonyl (C=O) groups excluding carboxylic acids is 1. The van der Waals surface area contributed by atoms with Crippen molar-refractivity contribution in [2.75, 3.05) is 26.6 Å². The number of fused-ring (bicyclic) bond motifs is 1. The lowest BCUT2D eigenvalue weighted by atomic mass is 9.86. The topological polar surface area (TPSA) is 90.9 Å². The number of hydrogen-bond donors (Lipinski definition) is 2. The summed E-state index contributed by atoms with van der Waals surface area (Å²) in [6, 6.07) is 10.5. The van der Waals surface area contributed by atoms with Crippen molar-refractivity contribution in [1.82, 2.24) is 10.3 Å². The van der Waals surface area contributed by atoms with Crippen molar-refractivity contribution in [2.45, 2.75) is 31.8 Å². The first kappa shape index (κ1) is 25.9. The van der Waals surface area contributed by atoms with E-state index >= 15 is 0 Å². The largest absolute Gasteiger partial charge is 0.493 e. The van der Waals surface area contributed by atoms with E-state index in [1.54, 1.807) is 57.9 Å². The number of benzene rings is 2. The zero-order valence-electron chi connectivity index (χ0n) is 20.3. The van der Waals surface area contributed by atoms with E-state index in [4.69, 9.17) is 42.8 Å². The first-order valence-corrected chi connectivity index (χ1v) is 12.3. The van der Waals surface area contributed by atoms with E-state index in [-0.39, 0.29) is 23.0 Å². The van der Waals surface area contributed by atoms with Gasteiger partial charge in [0.25, 0.3) is 0 Å². The van der Waals surface area contributed by atoms with Crippen LogP contribution >= 0.6 is 23.8 Å². The Kier molecular flexibility index (Phi) is 8.45. The molecule has 2 aromatic carbocycles. The summed E-state index contributed by atoms with van der Waals surface area (Å²) in [4.78, 5) is 17.0. The number of thiocarbonyl (C=S) groups is 1. The molecule has 0 saturated heterocycles. The Morgan fingerprint density at radius 1 is 1.03 bits per heavy atom. The molecule has 1 fully saturated rings. The van der Waals surface area contributed by atoms with Gasteiger partial charge < -0.3 is 29.6 Å². The molecule has 1 heterocycles. The minimum absolute atomic E-state index is 0.100. The number of amides is 1. The number of methoxy groups -OCH3 is 3. The fourth-order valence-corrected chi connectivity index (χ4v) is 4.73. The standard InChI is InChI=1S/C26H28ClN3O5S/c1-32-17-6-4-5-15(11-17)25(31)30-26(36)29-16-7-8-22(19(27)12-16)35-21-9-10-28-20-14-24(34-3)23(33-2)13-18(20)21/h7-10,12-15,17H,4-6,11H2,1-3H3,(H2,29,30,31,36). The van der Waals surface area contributed by atoms with Crippen LogP contribution in [0.25, 0.3) is 10.9 Å². The number of anilines is 1. The maximum absolute atomic E-state index is 12.6. The van der Waals surface area contributed by atoms with E-state index in [0.717, 1.165) is 24.6 Å². The summed E-state index contributed by atoms with van der Waals surface area (Å²) >= 11 is 11.8. The van der Waals surface area contributed by atoms with Crippen molar-refractivity contribution in [3.63, 3.8) is 0 Å². The quantitative estimate of drug-likeness (QED) is 0.376. The van der Waals surface area contributed by atoms with Gasteiger partial charge in [-0.3, -0.25) is 9.78 Å². The molecule has 36 heavy (non-hydrogen) atoms. The Labute approximate surface area is 220 Å². The van der Waals surface area contributed by atoms with Crippen molar-refractivity contribution >= 4 is 51.4 Å². The molecule has 190 valence electrons. The maximum Gasteiger partial charge on any atom is 0.229 e. The highest BCUT2D eigenvalue weighted by atomic mass is 35.5. The molecule has 2 N–H and O–H groups in total. The molecule has 0 radical (unpaired) electrons. The summed E-state index contributed by atoms with van der Waals surface area (Å²) in [6.45, 7) is 0. The van der Waals surface area contributed by atoms with E-state index in [0.29, 0.717) is 45.6 Å². The number of carbonyl (C=O) groups is 1.